The fourth-order valence-electron chi connectivity index (χ4n) is 3.33. The van der Waals surface area contributed by atoms with E-state index in [-0.39, 0.29) is 29.6 Å². The summed E-state index contributed by atoms with van der Waals surface area (Å²) in [5.74, 6) is -0.571. The van der Waals surface area contributed by atoms with Crippen molar-refractivity contribution in [3.63, 3.8) is 0 Å². The normalized spacial score (nSPS) is 12.0. The van der Waals surface area contributed by atoms with Gasteiger partial charge in [-0.05, 0) is 51.0 Å². The van der Waals surface area contributed by atoms with Crippen LogP contribution in [-0.2, 0) is 16.1 Å². The van der Waals surface area contributed by atoms with Crippen LogP contribution in [0.5, 0.6) is 11.5 Å². The van der Waals surface area contributed by atoms with E-state index in [4.69, 9.17) is 32.7 Å². The molecule has 0 bridgehead atoms. The highest BCUT2D eigenvalue weighted by molar-refractivity contribution is 6.35. The Kier molecular flexibility index (Phi) is 9.73. The lowest BCUT2D eigenvalue weighted by atomic mass is 10.1. The van der Waals surface area contributed by atoms with Gasteiger partial charge >= 0.3 is 5.69 Å². The third kappa shape index (κ3) is 8.00. The highest BCUT2D eigenvalue weighted by Gasteiger charge is 2.31. The molecular formula is C24H29Cl2N3O6. The van der Waals surface area contributed by atoms with Crippen LogP contribution in [0.3, 0.4) is 0 Å². The summed E-state index contributed by atoms with van der Waals surface area (Å²) in [6, 6.07) is 8.06. The highest BCUT2D eigenvalue weighted by Crippen LogP contribution is 2.31. The SMILES string of the molecule is CC[C@H](C(=O)NC(C)(C)C)N(Cc1ccc(Cl)cc1Cl)C(=O)COc1ccc([N+](=O)[O-])c(OC)c1. The van der Waals surface area contributed by atoms with Crippen LogP contribution < -0.4 is 14.8 Å². The summed E-state index contributed by atoms with van der Waals surface area (Å²) in [6.07, 6.45) is 0.351. The van der Waals surface area contributed by atoms with Gasteiger partial charge in [0.25, 0.3) is 5.91 Å². The number of ether oxygens (including phenoxy) is 2. The predicted molar refractivity (Wildman–Crippen MR) is 134 cm³/mol. The van der Waals surface area contributed by atoms with E-state index in [0.717, 1.165) is 0 Å². The van der Waals surface area contributed by atoms with Gasteiger partial charge in [0.05, 0.1) is 12.0 Å². The Morgan fingerprint density at radius 2 is 1.86 bits per heavy atom. The Hall–Kier alpha value is -3.04. The van der Waals surface area contributed by atoms with Gasteiger partial charge in [0.15, 0.2) is 6.61 Å². The van der Waals surface area contributed by atoms with Crippen molar-refractivity contribution in [3.05, 3.63) is 62.1 Å². The minimum absolute atomic E-state index is 0.000686. The molecule has 2 amide bonds. The van der Waals surface area contributed by atoms with Crippen molar-refractivity contribution in [2.24, 2.45) is 0 Å². The van der Waals surface area contributed by atoms with E-state index in [1.807, 2.05) is 20.8 Å². The summed E-state index contributed by atoms with van der Waals surface area (Å²) in [7, 11) is 1.30. The smallest absolute Gasteiger partial charge is 0.311 e. The summed E-state index contributed by atoms with van der Waals surface area (Å²) in [6.45, 7) is 7.00. The Balaban J connectivity index is 2.31. The minimum Gasteiger partial charge on any atom is -0.490 e. The van der Waals surface area contributed by atoms with Crippen molar-refractivity contribution < 1.29 is 24.0 Å². The van der Waals surface area contributed by atoms with Crippen LogP contribution in [0.4, 0.5) is 5.69 Å². The molecule has 35 heavy (non-hydrogen) atoms. The molecule has 0 aliphatic carbocycles. The van der Waals surface area contributed by atoms with Crippen molar-refractivity contribution in [1.82, 2.24) is 10.2 Å². The average Bonchev–Trinajstić information content (AvgIpc) is 2.77. The van der Waals surface area contributed by atoms with E-state index in [1.165, 1.54) is 30.2 Å². The number of methoxy groups -OCH3 is 1. The molecule has 0 unspecified atom stereocenters. The van der Waals surface area contributed by atoms with Crippen LogP contribution in [0.2, 0.25) is 10.0 Å². The molecule has 0 saturated carbocycles. The number of amides is 2. The van der Waals surface area contributed by atoms with Gasteiger partial charge in [-0.3, -0.25) is 19.7 Å². The summed E-state index contributed by atoms with van der Waals surface area (Å²) in [4.78, 5) is 38.3. The third-order valence-corrected chi connectivity index (χ3v) is 5.54. The number of nitrogens with zero attached hydrogens (tertiary/aromatic N) is 2. The Morgan fingerprint density at radius 3 is 2.40 bits per heavy atom. The third-order valence-electron chi connectivity index (χ3n) is 4.95. The Bertz CT molecular complexity index is 1090. The molecule has 0 aromatic heterocycles. The number of nitro benzene ring substituents is 1. The quantitative estimate of drug-likeness (QED) is 0.344. The molecule has 2 rings (SSSR count). The molecule has 190 valence electrons. The molecule has 0 aliphatic heterocycles. The van der Waals surface area contributed by atoms with Gasteiger partial charge in [-0.25, -0.2) is 0 Å². The van der Waals surface area contributed by atoms with Crippen LogP contribution in [0.1, 0.15) is 39.7 Å². The number of carbonyl (C=O) groups is 2. The molecule has 2 aromatic carbocycles. The number of carbonyl (C=O) groups excluding carboxylic acids is 2. The maximum absolute atomic E-state index is 13.3. The maximum Gasteiger partial charge on any atom is 0.311 e. The lowest BCUT2D eigenvalue weighted by Gasteiger charge is -2.33. The monoisotopic (exact) mass is 525 g/mol. The topological polar surface area (TPSA) is 111 Å². The molecule has 2 aromatic rings. The second-order valence-electron chi connectivity index (χ2n) is 8.80. The summed E-state index contributed by atoms with van der Waals surface area (Å²) in [5, 5.41) is 14.8. The van der Waals surface area contributed by atoms with Crippen molar-refractivity contribution in [1.29, 1.82) is 0 Å². The first kappa shape index (κ1) is 28.2. The molecule has 0 aliphatic rings. The number of nitrogens with one attached hydrogen (secondary N) is 1. The number of nitro groups is 1. The minimum atomic E-state index is -0.788. The fourth-order valence-corrected chi connectivity index (χ4v) is 3.80. The number of halogens is 2. The van der Waals surface area contributed by atoms with Gasteiger partial charge < -0.3 is 19.7 Å². The largest absolute Gasteiger partial charge is 0.490 e. The van der Waals surface area contributed by atoms with Crippen LogP contribution in [-0.4, -0.2) is 46.9 Å². The Labute approximate surface area is 214 Å². The molecule has 0 saturated heterocycles. The maximum atomic E-state index is 13.3. The number of hydrogen-bond donors (Lipinski definition) is 1. The zero-order chi connectivity index (χ0) is 26.3. The summed E-state index contributed by atoms with van der Waals surface area (Å²) >= 11 is 12.3. The first-order valence-corrected chi connectivity index (χ1v) is 11.6. The van der Waals surface area contributed by atoms with E-state index < -0.39 is 29.0 Å². The molecule has 0 fully saturated rings. The van der Waals surface area contributed by atoms with Crippen molar-refractivity contribution >= 4 is 40.7 Å². The zero-order valence-electron chi connectivity index (χ0n) is 20.3. The molecule has 1 atom stereocenters. The fraction of sp³-hybridized carbons (Fsp3) is 0.417. The van der Waals surface area contributed by atoms with E-state index in [0.29, 0.717) is 22.0 Å². The van der Waals surface area contributed by atoms with Crippen LogP contribution >= 0.6 is 23.2 Å². The molecule has 0 radical (unpaired) electrons. The van der Waals surface area contributed by atoms with Crippen molar-refractivity contribution in [3.8, 4) is 11.5 Å². The van der Waals surface area contributed by atoms with Gasteiger partial charge in [0, 0.05) is 34.3 Å². The highest BCUT2D eigenvalue weighted by atomic mass is 35.5. The standard InChI is InChI=1S/C24H29Cl2N3O6/c1-6-19(23(31)27-24(2,3)4)28(13-15-7-8-16(25)11-18(15)26)22(30)14-35-17-9-10-20(29(32)33)21(12-17)34-5/h7-12,19H,6,13-14H2,1-5H3,(H,27,31)/t19-/m1/s1. The van der Waals surface area contributed by atoms with Gasteiger partial charge in [-0.15, -0.1) is 0 Å². The van der Waals surface area contributed by atoms with Crippen LogP contribution in [0.25, 0.3) is 0 Å². The zero-order valence-corrected chi connectivity index (χ0v) is 21.8. The van der Waals surface area contributed by atoms with E-state index >= 15 is 0 Å². The number of hydrogen-bond acceptors (Lipinski definition) is 6. The number of benzene rings is 2. The first-order valence-electron chi connectivity index (χ1n) is 10.9. The van der Waals surface area contributed by atoms with E-state index in [1.54, 1.807) is 25.1 Å². The molecule has 1 N–H and O–H groups in total. The van der Waals surface area contributed by atoms with Gasteiger partial charge in [-0.2, -0.15) is 0 Å². The van der Waals surface area contributed by atoms with E-state index in [9.17, 15) is 19.7 Å². The van der Waals surface area contributed by atoms with Crippen LogP contribution in [0.15, 0.2) is 36.4 Å². The molecule has 11 heteroatoms. The van der Waals surface area contributed by atoms with Crippen LogP contribution in [0, 0.1) is 10.1 Å². The Morgan fingerprint density at radius 1 is 1.17 bits per heavy atom. The van der Waals surface area contributed by atoms with Gasteiger partial charge in [-0.1, -0.05) is 36.2 Å². The molecular weight excluding hydrogens is 497 g/mol. The predicted octanol–water partition coefficient (Wildman–Crippen LogP) is 5.01. The molecule has 9 nitrogen and oxygen atoms in total. The van der Waals surface area contributed by atoms with Gasteiger partial charge in [0.1, 0.15) is 11.8 Å². The second kappa shape index (κ2) is 12.1. The first-order chi connectivity index (χ1) is 16.4. The van der Waals surface area contributed by atoms with E-state index in [2.05, 4.69) is 5.32 Å². The van der Waals surface area contributed by atoms with Crippen molar-refractivity contribution in [2.45, 2.75) is 52.2 Å². The second-order valence-corrected chi connectivity index (χ2v) is 9.64. The molecule has 0 heterocycles. The lowest BCUT2D eigenvalue weighted by molar-refractivity contribution is -0.385. The van der Waals surface area contributed by atoms with Crippen molar-refractivity contribution in [2.75, 3.05) is 13.7 Å². The molecule has 0 spiro atoms. The summed E-state index contributed by atoms with van der Waals surface area (Å²) < 4.78 is 10.7. The average molecular weight is 526 g/mol. The summed E-state index contributed by atoms with van der Waals surface area (Å²) in [5.41, 5.74) is -0.110. The number of rotatable bonds is 10. The van der Waals surface area contributed by atoms with Gasteiger partial charge in [0.2, 0.25) is 11.7 Å². The lowest BCUT2D eigenvalue weighted by Crippen LogP contribution is -2.54.